The van der Waals surface area contributed by atoms with E-state index in [0.717, 1.165) is 6.42 Å². The number of amides is 3. The molecule has 0 saturated carbocycles. The van der Waals surface area contributed by atoms with E-state index >= 15 is 0 Å². The molecular weight excluding hydrogens is 460 g/mol. The van der Waals surface area contributed by atoms with Gasteiger partial charge in [-0.1, -0.05) is 13.8 Å². The summed E-state index contributed by atoms with van der Waals surface area (Å²) in [6, 6.07) is 8.15. The zero-order valence-electron chi connectivity index (χ0n) is 21.7. The van der Waals surface area contributed by atoms with E-state index in [9.17, 15) is 14.4 Å². The molecule has 36 heavy (non-hydrogen) atoms. The zero-order chi connectivity index (χ0) is 26.2. The molecule has 1 aromatic carbocycles. The largest absolute Gasteiger partial charge is 0.491 e. The van der Waals surface area contributed by atoms with Crippen molar-refractivity contribution in [1.82, 2.24) is 14.8 Å². The topological polar surface area (TPSA) is 101 Å². The maximum absolute atomic E-state index is 13.4. The van der Waals surface area contributed by atoms with Crippen molar-refractivity contribution >= 4 is 23.4 Å². The number of anilines is 1. The number of fused-ring (bicyclic) bond motifs is 1. The van der Waals surface area contributed by atoms with Crippen molar-refractivity contribution in [2.75, 3.05) is 39.2 Å². The average Bonchev–Trinajstić information content (AvgIpc) is 2.88. The summed E-state index contributed by atoms with van der Waals surface area (Å²) in [5, 5.41) is 2.84. The molecule has 1 aromatic heterocycles. The van der Waals surface area contributed by atoms with Crippen molar-refractivity contribution in [2.45, 2.75) is 45.8 Å². The second kappa shape index (κ2) is 12.5. The van der Waals surface area contributed by atoms with Crippen LogP contribution in [-0.4, -0.2) is 78.5 Å². The fourth-order valence-corrected chi connectivity index (χ4v) is 4.25. The van der Waals surface area contributed by atoms with Crippen LogP contribution in [0.3, 0.4) is 0 Å². The third-order valence-electron chi connectivity index (χ3n) is 6.39. The summed E-state index contributed by atoms with van der Waals surface area (Å²) < 4.78 is 11.9. The van der Waals surface area contributed by atoms with Crippen LogP contribution in [0.4, 0.5) is 5.69 Å². The molecule has 1 aliphatic heterocycles. The van der Waals surface area contributed by atoms with Gasteiger partial charge in [0.1, 0.15) is 12.4 Å². The highest BCUT2D eigenvalue weighted by atomic mass is 16.5. The Balaban J connectivity index is 1.96. The Morgan fingerprint density at radius 1 is 1.17 bits per heavy atom. The molecule has 3 rings (SSSR count). The van der Waals surface area contributed by atoms with Crippen LogP contribution in [0.15, 0.2) is 42.7 Å². The Morgan fingerprint density at radius 3 is 2.56 bits per heavy atom. The van der Waals surface area contributed by atoms with Crippen LogP contribution in [0, 0.1) is 5.92 Å². The number of pyridine rings is 1. The average molecular weight is 497 g/mol. The third kappa shape index (κ3) is 6.60. The SMILES string of the molecule is CCCC(=O)Nc1ccc2c(c1)C(=O)N(C)C[C@H](OC)[C@@H](C)CN(C(=O)c1ccncc1)[C@H](C)CO2. The van der Waals surface area contributed by atoms with Gasteiger partial charge in [-0.3, -0.25) is 19.4 Å². The molecular formula is C27H36N4O5. The molecule has 9 nitrogen and oxygen atoms in total. The minimum Gasteiger partial charge on any atom is -0.491 e. The first-order valence-corrected chi connectivity index (χ1v) is 12.3. The van der Waals surface area contributed by atoms with E-state index in [1.54, 1.807) is 66.7 Å². The third-order valence-corrected chi connectivity index (χ3v) is 6.39. The Labute approximate surface area is 212 Å². The fourth-order valence-electron chi connectivity index (χ4n) is 4.25. The maximum Gasteiger partial charge on any atom is 0.257 e. The van der Waals surface area contributed by atoms with E-state index in [1.165, 1.54) is 0 Å². The summed E-state index contributed by atoms with van der Waals surface area (Å²) >= 11 is 0. The highest BCUT2D eigenvalue weighted by Gasteiger charge is 2.31. The van der Waals surface area contributed by atoms with Gasteiger partial charge in [0.05, 0.1) is 17.7 Å². The number of likely N-dealkylation sites (N-methyl/N-ethyl adjacent to an activating group) is 1. The molecule has 0 aliphatic carbocycles. The summed E-state index contributed by atoms with van der Waals surface area (Å²) in [5.41, 5.74) is 1.42. The molecule has 0 saturated heterocycles. The van der Waals surface area contributed by atoms with Crippen molar-refractivity contribution in [3.63, 3.8) is 0 Å². The maximum atomic E-state index is 13.4. The smallest absolute Gasteiger partial charge is 0.257 e. The van der Waals surface area contributed by atoms with E-state index in [1.807, 2.05) is 20.8 Å². The van der Waals surface area contributed by atoms with Gasteiger partial charge in [-0.15, -0.1) is 0 Å². The van der Waals surface area contributed by atoms with Crippen LogP contribution in [0.1, 0.15) is 54.3 Å². The second-order valence-electron chi connectivity index (χ2n) is 9.30. The molecule has 0 unspecified atom stereocenters. The first-order valence-electron chi connectivity index (χ1n) is 12.3. The van der Waals surface area contributed by atoms with E-state index < -0.39 is 0 Å². The summed E-state index contributed by atoms with van der Waals surface area (Å²) in [5.74, 6) is -0.127. The normalized spacial score (nSPS) is 21.0. The molecule has 0 bridgehead atoms. The molecule has 3 atom stereocenters. The van der Waals surface area contributed by atoms with Gasteiger partial charge >= 0.3 is 0 Å². The van der Waals surface area contributed by atoms with Gasteiger partial charge in [0, 0.05) is 63.2 Å². The van der Waals surface area contributed by atoms with Gasteiger partial charge in [0.2, 0.25) is 5.91 Å². The number of rotatable bonds is 5. The highest BCUT2D eigenvalue weighted by Crippen LogP contribution is 2.27. The van der Waals surface area contributed by atoms with Crippen molar-refractivity contribution in [2.24, 2.45) is 5.92 Å². The lowest BCUT2D eigenvalue weighted by Crippen LogP contribution is -2.48. The number of aromatic nitrogens is 1. The molecule has 1 N–H and O–H groups in total. The van der Waals surface area contributed by atoms with Crippen LogP contribution in [0.2, 0.25) is 0 Å². The quantitative estimate of drug-likeness (QED) is 0.680. The van der Waals surface area contributed by atoms with Crippen LogP contribution < -0.4 is 10.1 Å². The van der Waals surface area contributed by atoms with Crippen molar-refractivity contribution in [3.05, 3.63) is 53.9 Å². The lowest BCUT2D eigenvalue weighted by molar-refractivity contribution is -0.116. The number of carbonyl (C=O) groups excluding carboxylic acids is 3. The number of hydrogen-bond acceptors (Lipinski definition) is 6. The Bertz CT molecular complexity index is 1060. The molecule has 3 amide bonds. The number of nitrogens with one attached hydrogen (secondary N) is 1. The van der Waals surface area contributed by atoms with Crippen LogP contribution >= 0.6 is 0 Å². The molecule has 1 aliphatic rings. The van der Waals surface area contributed by atoms with Crippen LogP contribution in [0.25, 0.3) is 0 Å². The van der Waals surface area contributed by atoms with Crippen LogP contribution in [0.5, 0.6) is 5.75 Å². The number of nitrogens with zero attached hydrogens (tertiary/aromatic N) is 3. The first-order chi connectivity index (χ1) is 17.2. The Hall–Kier alpha value is -3.46. The standard InChI is InChI=1S/C27H36N4O5/c1-6-7-25(32)29-21-8-9-23-22(14-21)27(34)30(4)16-24(35-5)18(2)15-31(19(3)17-36-23)26(33)20-10-12-28-13-11-20/h8-14,18-19,24H,6-7,15-17H2,1-5H3,(H,29,32)/t18-,19+,24-/m0/s1. The van der Waals surface area contributed by atoms with Gasteiger partial charge in [-0.25, -0.2) is 0 Å². The van der Waals surface area contributed by atoms with Crippen molar-refractivity contribution in [3.8, 4) is 5.75 Å². The molecule has 0 fully saturated rings. The summed E-state index contributed by atoms with van der Waals surface area (Å²) in [7, 11) is 3.32. The summed E-state index contributed by atoms with van der Waals surface area (Å²) in [4.78, 5) is 46.4. The van der Waals surface area contributed by atoms with Gasteiger partial charge < -0.3 is 24.6 Å². The fraction of sp³-hybridized carbons (Fsp3) is 0.481. The lowest BCUT2D eigenvalue weighted by Gasteiger charge is -2.36. The van der Waals surface area contributed by atoms with E-state index in [4.69, 9.17) is 9.47 Å². The number of hydrogen-bond donors (Lipinski definition) is 1. The predicted octanol–water partition coefficient (Wildman–Crippen LogP) is 3.47. The summed E-state index contributed by atoms with van der Waals surface area (Å²) in [6.45, 7) is 6.81. The zero-order valence-corrected chi connectivity index (χ0v) is 21.7. The number of carbonyl (C=O) groups is 3. The number of benzene rings is 1. The second-order valence-corrected chi connectivity index (χ2v) is 9.30. The van der Waals surface area contributed by atoms with Gasteiger partial charge in [-0.05, 0) is 43.7 Å². The van der Waals surface area contributed by atoms with E-state index in [0.29, 0.717) is 42.1 Å². The number of ether oxygens (including phenoxy) is 2. The van der Waals surface area contributed by atoms with Gasteiger partial charge in [0.25, 0.3) is 11.8 Å². The minimum atomic E-state index is -0.296. The molecule has 2 heterocycles. The monoisotopic (exact) mass is 496 g/mol. The van der Waals surface area contributed by atoms with E-state index in [2.05, 4.69) is 10.3 Å². The molecule has 2 aromatic rings. The lowest BCUT2D eigenvalue weighted by atomic mass is 10.0. The molecule has 194 valence electrons. The van der Waals surface area contributed by atoms with Gasteiger partial charge in [0.15, 0.2) is 0 Å². The number of methoxy groups -OCH3 is 1. The first kappa shape index (κ1) is 27.1. The molecule has 9 heteroatoms. The minimum absolute atomic E-state index is 0.0583. The Morgan fingerprint density at radius 2 is 1.89 bits per heavy atom. The summed E-state index contributed by atoms with van der Waals surface area (Å²) in [6.07, 6.45) is 4.02. The van der Waals surface area contributed by atoms with Crippen LogP contribution in [-0.2, 0) is 9.53 Å². The predicted molar refractivity (Wildman–Crippen MR) is 137 cm³/mol. The van der Waals surface area contributed by atoms with Crippen molar-refractivity contribution in [1.29, 1.82) is 0 Å². The van der Waals surface area contributed by atoms with Crippen molar-refractivity contribution < 1.29 is 23.9 Å². The molecule has 0 spiro atoms. The van der Waals surface area contributed by atoms with E-state index in [-0.39, 0.29) is 42.4 Å². The molecule has 0 radical (unpaired) electrons. The Kier molecular flexibility index (Phi) is 9.41. The van der Waals surface area contributed by atoms with Gasteiger partial charge in [-0.2, -0.15) is 0 Å². The highest BCUT2D eigenvalue weighted by molar-refractivity contribution is 5.99.